The molecular formula is C15H27N3S. The first kappa shape index (κ1) is 14.9. The lowest BCUT2D eigenvalue weighted by Gasteiger charge is -2.46. The fourth-order valence-corrected chi connectivity index (χ4v) is 3.74. The molecule has 108 valence electrons. The van der Waals surface area contributed by atoms with Gasteiger partial charge in [-0.1, -0.05) is 13.8 Å². The highest BCUT2D eigenvalue weighted by Gasteiger charge is 2.35. The van der Waals surface area contributed by atoms with E-state index in [9.17, 15) is 0 Å². The highest BCUT2D eigenvalue weighted by molar-refractivity contribution is 7.11. The first-order valence-electron chi connectivity index (χ1n) is 7.42. The van der Waals surface area contributed by atoms with Crippen LogP contribution in [0.25, 0.3) is 0 Å². The Morgan fingerprint density at radius 2 is 2.26 bits per heavy atom. The maximum absolute atomic E-state index is 4.64. The fourth-order valence-electron chi connectivity index (χ4n) is 2.81. The van der Waals surface area contributed by atoms with Crippen LogP contribution in [0.1, 0.15) is 57.0 Å². The van der Waals surface area contributed by atoms with Crippen molar-refractivity contribution < 1.29 is 0 Å². The van der Waals surface area contributed by atoms with Gasteiger partial charge in [-0.05, 0) is 33.6 Å². The van der Waals surface area contributed by atoms with Crippen molar-refractivity contribution in [1.82, 2.24) is 15.2 Å². The van der Waals surface area contributed by atoms with Gasteiger partial charge >= 0.3 is 0 Å². The van der Waals surface area contributed by atoms with E-state index in [1.807, 2.05) is 17.5 Å². The van der Waals surface area contributed by atoms with Crippen LogP contribution in [0.5, 0.6) is 0 Å². The molecule has 2 unspecified atom stereocenters. The number of hydrogen-bond donors (Lipinski definition) is 1. The van der Waals surface area contributed by atoms with Crippen LogP contribution in [0.3, 0.4) is 0 Å². The van der Waals surface area contributed by atoms with Crippen molar-refractivity contribution >= 4 is 11.3 Å². The predicted octanol–water partition coefficient (Wildman–Crippen LogP) is 3.23. The molecule has 1 aliphatic rings. The van der Waals surface area contributed by atoms with Crippen LogP contribution in [0, 0.1) is 0 Å². The Labute approximate surface area is 121 Å². The summed E-state index contributed by atoms with van der Waals surface area (Å²) in [6.45, 7) is 13.5. The Balaban J connectivity index is 2.16. The molecule has 1 saturated heterocycles. The Morgan fingerprint density at radius 1 is 1.53 bits per heavy atom. The number of aromatic nitrogens is 1. The van der Waals surface area contributed by atoms with E-state index in [4.69, 9.17) is 0 Å². The van der Waals surface area contributed by atoms with Gasteiger partial charge in [0, 0.05) is 35.7 Å². The van der Waals surface area contributed by atoms with Crippen molar-refractivity contribution in [3.63, 3.8) is 0 Å². The monoisotopic (exact) mass is 281 g/mol. The average molecular weight is 281 g/mol. The zero-order valence-electron chi connectivity index (χ0n) is 12.9. The van der Waals surface area contributed by atoms with Crippen LogP contribution in [-0.2, 0) is 6.42 Å². The highest BCUT2D eigenvalue weighted by Crippen LogP contribution is 2.30. The van der Waals surface area contributed by atoms with E-state index >= 15 is 0 Å². The van der Waals surface area contributed by atoms with Crippen molar-refractivity contribution in [3.8, 4) is 0 Å². The first-order chi connectivity index (χ1) is 8.96. The van der Waals surface area contributed by atoms with Crippen molar-refractivity contribution in [2.24, 2.45) is 0 Å². The van der Waals surface area contributed by atoms with Crippen LogP contribution in [0.2, 0.25) is 0 Å². The molecule has 0 radical (unpaired) electrons. The highest BCUT2D eigenvalue weighted by atomic mass is 32.1. The zero-order chi connectivity index (χ0) is 14.0. The summed E-state index contributed by atoms with van der Waals surface area (Å²) in [6.07, 6.45) is 4.33. The van der Waals surface area contributed by atoms with Crippen molar-refractivity contribution in [1.29, 1.82) is 0 Å². The van der Waals surface area contributed by atoms with E-state index in [0.717, 1.165) is 19.5 Å². The topological polar surface area (TPSA) is 28.2 Å². The van der Waals surface area contributed by atoms with E-state index in [0.29, 0.717) is 12.1 Å². The molecule has 1 aromatic rings. The third-order valence-corrected chi connectivity index (χ3v) is 5.42. The van der Waals surface area contributed by atoms with Gasteiger partial charge in [-0.15, -0.1) is 11.3 Å². The molecule has 0 amide bonds. The second-order valence-electron chi connectivity index (χ2n) is 6.19. The molecule has 3 nitrogen and oxygen atoms in total. The van der Waals surface area contributed by atoms with Gasteiger partial charge in [0.05, 0.1) is 6.04 Å². The van der Waals surface area contributed by atoms with Crippen LogP contribution in [-0.4, -0.2) is 34.6 Å². The van der Waals surface area contributed by atoms with Gasteiger partial charge in [0.1, 0.15) is 5.01 Å². The number of thiazole rings is 1. The van der Waals surface area contributed by atoms with Crippen LogP contribution >= 0.6 is 11.3 Å². The van der Waals surface area contributed by atoms with Crippen LogP contribution in [0.15, 0.2) is 6.20 Å². The summed E-state index contributed by atoms with van der Waals surface area (Å²) < 4.78 is 0. The van der Waals surface area contributed by atoms with Crippen molar-refractivity contribution in [2.45, 2.75) is 65.1 Å². The van der Waals surface area contributed by atoms with E-state index < -0.39 is 0 Å². The molecule has 1 aliphatic heterocycles. The molecule has 19 heavy (non-hydrogen) atoms. The SMILES string of the molecule is CCc1cnc(C(C)N2CC(C)(C)NCC2CC)s1. The summed E-state index contributed by atoms with van der Waals surface area (Å²) >= 11 is 1.87. The molecule has 2 atom stereocenters. The van der Waals surface area contributed by atoms with Gasteiger partial charge in [-0.25, -0.2) is 4.98 Å². The third kappa shape index (κ3) is 3.36. The van der Waals surface area contributed by atoms with Gasteiger partial charge in [-0.3, -0.25) is 4.90 Å². The van der Waals surface area contributed by atoms with Crippen molar-refractivity contribution in [2.75, 3.05) is 13.1 Å². The van der Waals surface area contributed by atoms with Crippen LogP contribution < -0.4 is 5.32 Å². The minimum absolute atomic E-state index is 0.199. The Kier molecular flexibility index (Phi) is 4.64. The summed E-state index contributed by atoms with van der Waals surface area (Å²) in [5.41, 5.74) is 0.199. The van der Waals surface area contributed by atoms with Gasteiger partial charge < -0.3 is 5.32 Å². The van der Waals surface area contributed by atoms with Gasteiger partial charge in [0.2, 0.25) is 0 Å². The molecule has 0 aliphatic carbocycles. The second-order valence-corrected chi connectivity index (χ2v) is 7.34. The van der Waals surface area contributed by atoms with E-state index in [1.54, 1.807) is 0 Å². The number of piperazine rings is 1. The maximum atomic E-state index is 4.64. The van der Waals surface area contributed by atoms with Crippen molar-refractivity contribution in [3.05, 3.63) is 16.1 Å². The molecular weight excluding hydrogens is 254 g/mol. The van der Waals surface area contributed by atoms with E-state index in [1.165, 1.54) is 16.3 Å². The first-order valence-corrected chi connectivity index (χ1v) is 8.24. The summed E-state index contributed by atoms with van der Waals surface area (Å²) in [6, 6.07) is 1.05. The molecule has 2 rings (SSSR count). The molecule has 4 heteroatoms. The summed E-state index contributed by atoms with van der Waals surface area (Å²) in [5.74, 6) is 0. The normalized spacial score (nSPS) is 25.4. The van der Waals surface area contributed by atoms with Crippen LogP contribution in [0.4, 0.5) is 0 Å². The predicted molar refractivity (Wildman–Crippen MR) is 82.8 cm³/mol. The summed E-state index contributed by atoms with van der Waals surface area (Å²) in [5, 5.41) is 4.92. The minimum atomic E-state index is 0.199. The number of aryl methyl sites for hydroxylation is 1. The Bertz CT molecular complexity index is 413. The molecule has 0 aromatic carbocycles. The second kappa shape index (κ2) is 5.90. The number of hydrogen-bond acceptors (Lipinski definition) is 4. The standard InChI is InChI=1S/C15H27N3S/c1-6-12-8-17-15(4,5)10-18(12)11(3)14-16-9-13(7-2)19-14/h9,11-12,17H,6-8,10H2,1-5H3. The van der Waals surface area contributed by atoms with Gasteiger partial charge in [0.25, 0.3) is 0 Å². The number of nitrogens with zero attached hydrogens (tertiary/aromatic N) is 2. The summed E-state index contributed by atoms with van der Waals surface area (Å²) in [4.78, 5) is 8.66. The number of rotatable bonds is 4. The molecule has 1 N–H and O–H groups in total. The molecule has 1 aromatic heterocycles. The molecule has 1 fully saturated rings. The Morgan fingerprint density at radius 3 is 2.84 bits per heavy atom. The quantitative estimate of drug-likeness (QED) is 0.918. The largest absolute Gasteiger partial charge is 0.309 e. The van der Waals surface area contributed by atoms with E-state index in [-0.39, 0.29) is 5.54 Å². The average Bonchev–Trinajstić information content (AvgIpc) is 2.85. The maximum Gasteiger partial charge on any atom is 0.110 e. The lowest BCUT2D eigenvalue weighted by molar-refractivity contribution is 0.0579. The van der Waals surface area contributed by atoms with Gasteiger partial charge in [-0.2, -0.15) is 0 Å². The third-order valence-electron chi connectivity index (χ3n) is 4.11. The minimum Gasteiger partial charge on any atom is -0.309 e. The molecule has 2 heterocycles. The lowest BCUT2D eigenvalue weighted by atomic mass is 9.96. The Hall–Kier alpha value is -0.450. The fraction of sp³-hybridized carbons (Fsp3) is 0.800. The van der Waals surface area contributed by atoms with E-state index in [2.05, 4.69) is 49.8 Å². The molecule has 0 spiro atoms. The zero-order valence-corrected chi connectivity index (χ0v) is 13.7. The molecule has 0 bridgehead atoms. The van der Waals surface area contributed by atoms with Gasteiger partial charge in [0.15, 0.2) is 0 Å². The smallest absolute Gasteiger partial charge is 0.110 e. The summed E-state index contributed by atoms with van der Waals surface area (Å²) in [7, 11) is 0. The molecule has 0 saturated carbocycles. The lowest BCUT2D eigenvalue weighted by Crippen LogP contribution is -2.61. The number of nitrogens with one attached hydrogen (secondary N) is 1.